The molecule has 1 aromatic heterocycles. The normalized spacial score (nSPS) is 10.6. The molecule has 0 aliphatic rings. The lowest BCUT2D eigenvalue weighted by molar-refractivity contribution is 0.0817. The van der Waals surface area contributed by atoms with Crippen molar-refractivity contribution in [1.29, 1.82) is 0 Å². The van der Waals surface area contributed by atoms with Crippen molar-refractivity contribution >= 4 is 27.5 Å². The third-order valence-corrected chi connectivity index (χ3v) is 3.71. The fraction of sp³-hybridized carbons (Fsp3) is 0.200. The van der Waals surface area contributed by atoms with Crippen LogP contribution in [0.15, 0.2) is 34.9 Å². The Hall–Kier alpha value is -1.75. The molecular formula is C15H13BrFNO2. The van der Waals surface area contributed by atoms with E-state index in [0.717, 1.165) is 18.3 Å². The van der Waals surface area contributed by atoms with E-state index in [9.17, 15) is 14.0 Å². The Bertz CT molecular complexity index is 691. The first-order valence-corrected chi connectivity index (χ1v) is 6.94. The van der Waals surface area contributed by atoms with E-state index < -0.39 is 17.4 Å². The van der Waals surface area contributed by atoms with Gasteiger partial charge in [0, 0.05) is 29.6 Å². The highest BCUT2D eigenvalue weighted by atomic mass is 79.9. The molecule has 0 saturated carbocycles. The molecule has 0 amide bonds. The molecule has 0 saturated heterocycles. The van der Waals surface area contributed by atoms with Crippen LogP contribution in [0.2, 0.25) is 0 Å². The predicted molar refractivity (Wildman–Crippen MR) is 77.6 cm³/mol. The number of carbonyl (C=O) groups is 2. The van der Waals surface area contributed by atoms with E-state index in [4.69, 9.17) is 0 Å². The van der Waals surface area contributed by atoms with Gasteiger partial charge in [0.1, 0.15) is 5.82 Å². The van der Waals surface area contributed by atoms with Crippen molar-refractivity contribution in [2.75, 3.05) is 0 Å². The average molecular weight is 338 g/mol. The molecule has 0 aliphatic carbocycles. The molecule has 2 rings (SSSR count). The zero-order chi connectivity index (χ0) is 14.9. The number of hydrogen-bond donors (Lipinski definition) is 0. The molecule has 1 aromatic carbocycles. The summed E-state index contributed by atoms with van der Waals surface area (Å²) < 4.78 is 15.2. The quantitative estimate of drug-likeness (QED) is 0.629. The molecule has 5 heteroatoms. The lowest BCUT2D eigenvalue weighted by atomic mass is 10.0. The Kier molecular flexibility index (Phi) is 4.18. The van der Waals surface area contributed by atoms with Crippen LogP contribution in [0.25, 0.3) is 0 Å². The fourth-order valence-electron chi connectivity index (χ4n) is 1.98. The molecule has 0 fully saturated rings. The highest BCUT2D eigenvalue weighted by Gasteiger charge is 2.20. The molecular weight excluding hydrogens is 325 g/mol. The summed E-state index contributed by atoms with van der Waals surface area (Å²) in [5, 5.41) is 0. The second kappa shape index (κ2) is 5.71. The van der Waals surface area contributed by atoms with Gasteiger partial charge in [-0.15, -0.1) is 0 Å². The molecule has 3 nitrogen and oxygen atoms in total. The van der Waals surface area contributed by atoms with E-state index in [-0.39, 0.29) is 10.0 Å². The van der Waals surface area contributed by atoms with Crippen LogP contribution in [-0.4, -0.2) is 16.1 Å². The number of ketones is 2. The van der Waals surface area contributed by atoms with Crippen molar-refractivity contribution in [2.24, 2.45) is 0 Å². The SMILES string of the molecule is CCn1cc(C(=O)C(=O)c2ccc(F)c(Br)c2)cc1C. The van der Waals surface area contributed by atoms with Crippen LogP contribution in [0.4, 0.5) is 4.39 Å². The van der Waals surface area contributed by atoms with Gasteiger partial charge < -0.3 is 4.57 Å². The van der Waals surface area contributed by atoms with E-state index in [0.29, 0.717) is 5.56 Å². The van der Waals surface area contributed by atoms with Gasteiger partial charge >= 0.3 is 0 Å². The number of rotatable bonds is 4. The summed E-state index contributed by atoms with van der Waals surface area (Å²) in [6.45, 7) is 4.56. The third-order valence-electron chi connectivity index (χ3n) is 3.10. The second-order valence-corrected chi connectivity index (χ2v) is 5.30. The molecule has 0 spiro atoms. The minimum absolute atomic E-state index is 0.165. The molecule has 104 valence electrons. The Morgan fingerprint density at radius 3 is 2.40 bits per heavy atom. The average Bonchev–Trinajstić information content (AvgIpc) is 2.81. The van der Waals surface area contributed by atoms with Crippen LogP contribution < -0.4 is 0 Å². The van der Waals surface area contributed by atoms with Gasteiger partial charge in [-0.05, 0) is 54.0 Å². The first-order valence-electron chi connectivity index (χ1n) is 6.15. The van der Waals surface area contributed by atoms with Crippen molar-refractivity contribution in [3.63, 3.8) is 0 Å². The maximum atomic E-state index is 13.1. The van der Waals surface area contributed by atoms with Crippen LogP contribution >= 0.6 is 15.9 Å². The molecule has 20 heavy (non-hydrogen) atoms. The van der Waals surface area contributed by atoms with E-state index in [1.54, 1.807) is 12.3 Å². The van der Waals surface area contributed by atoms with Crippen LogP contribution in [-0.2, 0) is 6.54 Å². The van der Waals surface area contributed by atoms with Gasteiger partial charge in [0.05, 0.1) is 4.47 Å². The number of hydrogen-bond acceptors (Lipinski definition) is 2. The minimum atomic E-state index is -0.640. The Labute approximate surface area is 124 Å². The molecule has 0 radical (unpaired) electrons. The zero-order valence-corrected chi connectivity index (χ0v) is 12.7. The van der Waals surface area contributed by atoms with Crippen molar-refractivity contribution in [1.82, 2.24) is 4.57 Å². The first-order chi connectivity index (χ1) is 9.43. The number of halogens is 2. The van der Waals surface area contributed by atoms with Crippen molar-refractivity contribution in [2.45, 2.75) is 20.4 Å². The van der Waals surface area contributed by atoms with Crippen LogP contribution in [0.3, 0.4) is 0 Å². The summed E-state index contributed by atoms with van der Waals surface area (Å²) in [4.78, 5) is 24.3. The van der Waals surface area contributed by atoms with Crippen molar-refractivity contribution < 1.29 is 14.0 Å². The van der Waals surface area contributed by atoms with E-state index in [1.807, 2.05) is 18.4 Å². The van der Waals surface area contributed by atoms with Gasteiger partial charge in [0.25, 0.3) is 0 Å². The standard InChI is InChI=1S/C15H13BrFNO2/c1-3-18-8-11(6-9(18)2)15(20)14(19)10-4-5-13(17)12(16)7-10/h4-8H,3H2,1-2H3. The third kappa shape index (κ3) is 2.72. The van der Waals surface area contributed by atoms with Gasteiger partial charge in [-0.2, -0.15) is 0 Å². The minimum Gasteiger partial charge on any atom is -0.351 e. The number of nitrogens with zero attached hydrogens (tertiary/aromatic N) is 1. The lowest BCUT2D eigenvalue weighted by Crippen LogP contribution is -2.14. The maximum absolute atomic E-state index is 13.1. The highest BCUT2D eigenvalue weighted by Crippen LogP contribution is 2.19. The summed E-state index contributed by atoms with van der Waals surface area (Å²) >= 11 is 3.00. The van der Waals surface area contributed by atoms with Crippen LogP contribution in [0.5, 0.6) is 0 Å². The molecule has 0 bridgehead atoms. The van der Waals surface area contributed by atoms with Crippen molar-refractivity contribution in [3.8, 4) is 0 Å². The Morgan fingerprint density at radius 2 is 1.85 bits per heavy atom. The Morgan fingerprint density at radius 1 is 1.20 bits per heavy atom. The topological polar surface area (TPSA) is 39.1 Å². The van der Waals surface area contributed by atoms with Gasteiger partial charge in [0.15, 0.2) is 0 Å². The first kappa shape index (κ1) is 14.7. The van der Waals surface area contributed by atoms with Crippen molar-refractivity contribution in [3.05, 3.63) is 57.6 Å². The molecule has 1 heterocycles. The van der Waals surface area contributed by atoms with Gasteiger partial charge in [-0.3, -0.25) is 9.59 Å². The molecule has 0 aliphatic heterocycles. The number of aryl methyl sites for hydroxylation is 2. The summed E-state index contributed by atoms with van der Waals surface area (Å²) in [6.07, 6.45) is 1.66. The largest absolute Gasteiger partial charge is 0.351 e. The molecule has 0 unspecified atom stereocenters. The monoisotopic (exact) mass is 337 g/mol. The van der Waals surface area contributed by atoms with E-state index in [2.05, 4.69) is 15.9 Å². The Balaban J connectivity index is 2.32. The van der Waals surface area contributed by atoms with Gasteiger partial charge in [-0.25, -0.2) is 4.39 Å². The molecule has 0 N–H and O–H groups in total. The number of aromatic nitrogens is 1. The molecule has 0 atom stereocenters. The smallest absolute Gasteiger partial charge is 0.235 e. The second-order valence-electron chi connectivity index (χ2n) is 4.44. The summed E-state index contributed by atoms with van der Waals surface area (Å²) in [5.74, 6) is -1.69. The molecule has 2 aromatic rings. The predicted octanol–water partition coefficient (Wildman–Crippen LogP) is 3.78. The number of carbonyl (C=O) groups excluding carboxylic acids is 2. The fourth-order valence-corrected chi connectivity index (χ4v) is 2.36. The van der Waals surface area contributed by atoms with E-state index >= 15 is 0 Å². The maximum Gasteiger partial charge on any atom is 0.235 e. The number of Topliss-reactive ketones (excluding diaryl/α,β-unsaturated/α-hetero) is 2. The highest BCUT2D eigenvalue weighted by molar-refractivity contribution is 9.10. The van der Waals surface area contributed by atoms with Gasteiger partial charge in [0.2, 0.25) is 11.6 Å². The zero-order valence-electron chi connectivity index (χ0n) is 11.1. The summed E-state index contributed by atoms with van der Waals surface area (Å²) in [5.41, 5.74) is 1.45. The summed E-state index contributed by atoms with van der Waals surface area (Å²) in [7, 11) is 0. The van der Waals surface area contributed by atoms with Gasteiger partial charge in [-0.1, -0.05) is 0 Å². The van der Waals surface area contributed by atoms with Crippen LogP contribution in [0, 0.1) is 12.7 Å². The lowest BCUT2D eigenvalue weighted by Gasteiger charge is -2.01. The van der Waals surface area contributed by atoms with E-state index in [1.165, 1.54) is 12.1 Å². The summed E-state index contributed by atoms with van der Waals surface area (Å²) in [6, 6.07) is 5.47. The number of benzene rings is 1. The van der Waals surface area contributed by atoms with Crippen LogP contribution in [0.1, 0.15) is 33.3 Å².